The van der Waals surface area contributed by atoms with Gasteiger partial charge in [-0.3, -0.25) is 9.59 Å². The third kappa shape index (κ3) is 6.09. The molecule has 0 spiro atoms. The number of aromatic nitrogens is 2. The van der Waals surface area contributed by atoms with Crippen molar-refractivity contribution in [2.45, 2.75) is 19.9 Å². The number of nitrogens with zero attached hydrogens (tertiary/aromatic N) is 3. The third-order valence-corrected chi connectivity index (χ3v) is 5.34. The number of amides is 2. The molecule has 0 aliphatic rings. The first-order valence-corrected chi connectivity index (χ1v) is 10.7. The van der Waals surface area contributed by atoms with Crippen LogP contribution in [-0.2, 0) is 13.6 Å². The van der Waals surface area contributed by atoms with Crippen LogP contribution in [0.25, 0.3) is 0 Å². The van der Waals surface area contributed by atoms with Crippen LogP contribution in [0.3, 0.4) is 0 Å². The van der Waals surface area contributed by atoms with Crippen molar-refractivity contribution in [2.75, 3.05) is 13.1 Å². The van der Waals surface area contributed by atoms with Crippen LogP contribution in [0.1, 0.15) is 38.3 Å². The number of pyridine rings is 1. The summed E-state index contributed by atoms with van der Waals surface area (Å²) in [4.78, 5) is 31.2. The van der Waals surface area contributed by atoms with Crippen LogP contribution in [0, 0.1) is 6.92 Å². The molecule has 0 atom stereocenters. The molecule has 0 radical (unpaired) electrons. The summed E-state index contributed by atoms with van der Waals surface area (Å²) in [6, 6.07) is 12.8. The molecule has 1 aromatic carbocycles. The maximum absolute atomic E-state index is 13.1. The number of rotatable bonds is 8. The maximum Gasteiger partial charge on any atom is 0.257 e. The van der Waals surface area contributed by atoms with Crippen molar-refractivity contribution < 1.29 is 9.59 Å². The van der Waals surface area contributed by atoms with Crippen molar-refractivity contribution in [3.8, 4) is 0 Å². The fraction of sp³-hybridized carbons (Fsp3) is 0.261. The lowest BCUT2D eigenvalue weighted by molar-refractivity contribution is 0.0741. The number of carbonyl (C=O) groups excluding carboxylic acids is 2. The van der Waals surface area contributed by atoms with Gasteiger partial charge in [0.15, 0.2) is 0 Å². The molecule has 3 aromatic rings. The highest BCUT2D eigenvalue weighted by atomic mass is 35.5. The van der Waals surface area contributed by atoms with Gasteiger partial charge in [-0.05, 0) is 36.6 Å². The van der Waals surface area contributed by atoms with Crippen molar-refractivity contribution in [1.82, 2.24) is 19.8 Å². The molecule has 1 N–H and O–H groups in total. The lowest BCUT2D eigenvalue weighted by Crippen LogP contribution is -2.34. The summed E-state index contributed by atoms with van der Waals surface area (Å²) < 4.78 is 1.86. The Kier molecular flexibility index (Phi) is 7.71. The average Bonchev–Trinajstić information content (AvgIpc) is 3.08. The Balaban J connectivity index is 1.66. The quantitative estimate of drug-likeness (QED) is 0.399. The molecule has 0 fully saturated rings. The Bertz CT molecular complexity index is 1070. The van der Waals surface area contributed by atoms with E-state index in [0.29, 0.717) is 37.2 Å². The van der Waals surface area contributed by atoms with Gasteiger partial charge in [0.05, 0.1) is 11.1 Å². The van der Waals surface area contributed by atoms with Crippen molar-refractivity contribution in [3.05, 3.63) is 87.4 Å². The Morgan fingerprint density at radius 2 is 1.81 bits per heavy atom. The van der Waals surface area contributed by atoms with Crippen molar-refractivity contribution in [2.24, 2.45) is 7.05 Å². The van der Waals surface area contributed by atoms with Gasteiger partial charge in [0.1, 0.15) is 10.3 Å². The summed E-state index contributed by atoms with van der Waals surface area (Å²) >= 11 is 12.0. The van der Waals surface area contributed by atoms with Crippen LogP contribution in [0.2, 0.25) is 10.3 Å². The molecule has 3 rings (SSSR count). The summed E-state index contributed by atoms with van der Waals surface area (Å²) in [6.07, 6.45) is 4.29. The molecule has 0 unspecified atom stereocenters. The predicted octanol–water partition coefficient (Wildman–Crippen LogP) is 4.50. The summed E-state index contributed by atoms with van der Waals surface area (Å²) in [7, 11) is 1.88. The highest BCUT2D eigenvalue weighted by molar-refractivity contribution is 6.34. The molecular formula is C23H24Cl2N4O2. The predicted molar refractivity (Wildman–Crippen MR) is 123 cm³/mol. The number of halogens is 2. The molecule has 8 heteroatoms. The second-order valence-electron chi connectivity index (χ2n) is 7.31. The largest absolute Gasteiger partial charge is 0.356 e. The molecule has 2 amide bonds. The van der Waals surface area contributed by atoms with Crippen LogP contribution >= 0.6 is 23.2 Å². The molecule has 2 heterocycles. The van der Waals surface area contributed by atoms with Crippen LogP contribution in [0.4, 0.5) is 0 Å². The zero-order chi connectivity index (χ0) is 22.4. The summed E-state index contributed by atoms with van der Waals surface area (Å²) in [5, 5.41) is 3.23. The number of carbonyl (C=O) groups is 2. The zero-order valence-corrected chi connectivity index (χ0v) is 19.0. The van der Waals surface area contributed by atoms with Crippen molar-refractivity contribution >= 4 is 35.0 Å². The molecule has 0 aliphatic carbocycles. The summed E-state index contributed by atoms with van der Waals surface area (Å²) in [6.45, 7) is 3.21. The standard InChI is InChI=1S/C23H24Cl2N4O2/c1-16-13-28(2)15-19(16)22(30)26-11-6-12-29(14-17-7-4-3-5-8-17)23(31)18-9-10-20(24)27-21(18)25/h3-5,7-10,13,15H,6,11-12,14H2,1-2H3,(H,26,30). The monoisotopic (exact) mass is 458 g/mol. The van der Waals surface area contributed by atoms with Crippen LogP contribution < -0.4 is 5.32 Å². The van der Waals surface area contributed by atoms with Gasteiger partial charge in [-0.1, -0.05) is 53.5 Å². The first kappa shape index (κ1) is 22.8. The Morgan fingerprint density at radius 3 is 2.45 bits per heavy atom. The average molecular weight is 459 g/mol. The molecule has 0 bridgehead atoms. The molecule has 0 aliphatic heterocycles. The lowest BCUT2D eigenvalue weighted by Gasteiger charge is -2.23. The van der Waals surface area contributed by atoms with E-state index in [2.05, 4.69) is 10.3 Å². The Morgan fingerprint density at radius 1 is 1.06 bits per heavy atom. The molecule has 0 saturated heterocycles. The SMILES string of the molecule is Cc1cn(C)cc1C(=O)NCCCN(Cc1ccccc1)C(=O)c1ccc(Cl)nc1Cl. The van der Waals surface area contributed by atoms with Gasteiger partial charge in [0.25, 0.3) is 11.8 Å². The topological polar surface area (TPSA) is 67.2 Å². The smallest absolute Gasteiger partial charge is 0.257 e. The Hall–Kier alpha value is -2.83. The summed E-state index contributed by atoms with van der Waals surface area (Å²) in [5.74, 6) is -0.354. The van der Waals surface area contributed by atoms with E-state index in [1.165, 1.54) is 0 Å². The van der Waals surface area contributed by atoms with Gasteiger partial charge in [-0.15, -0.1) is 0 Å². The first-order valence-electron chi connectivity index (χ1n) is 9.91. The maximum atomic E-state index is 13.1. The van der Waals surface area contributed by atoms with Crippen molar-refractivity contribution in [3.63, 3.8) is 0 Å². The van der Waals surface area contributed by atoms with Gasteiger partial charge in [-0.2, -0.15) is 0 Å². The second-order valence-corrected chi connectivity index (χ2v) is 8.06. The minimum absolute atomic E-state index is 0.0726. The van der Waals surface area contributed by atoms with Crippen LogP contribution in [0.15, 0.2) is 54.9 Å². The van der Waals surface area contributed by atoms with E-state index in [9.17, 15) is 9.59 Å². The van der Waals surface area contributed by atoms with Gasteiger partial charge >= 0.3 is 0 Å². The number of hydrogen-bond donors (Lipinski definition) is 1. The zero-order valence-electron chi connectivity index (χ0n) is 17.4. The number of benzene rings is 1. The van der Waals surface area contributed by atoms with E-state index >= 15 is 0 Å². The van der Waals surface area contributed by atoms with E-state index in [1.54, 1.807) is 23.2 Å². The molecule has 162 valence electrons. The van der Waals surface area contributed by atoms with E-state index in [-0.39, 0.29) is 22.1 Å². The molecule has 0 saturated carbocycles. The first-order chi connectivity index (χ1) is 14.8. The fourth-order valence-corrected chi connectivity index (χ4v) is 3.75. The van der Waals surface area contributed by atoms with E-state index < -0.39 is 0 Å². The molecule has 6 nitrogen and oxygen atoms in total. The van der Waals surface area contributed by atoms with Crippen LogP contribution in [-0.4, -0.2) is 39.4 Å². The molecule has 2 aromatic heterocycles. The normalized spacial score (nSPS) is 10.7. The third-order valence-electron chi connectivity index (χ3n) is 4.84. The Labute approximate surface area is 191 Å². The van der Waals surface area contributed by atoms with E-state index in [0.717, 1.165) is 11.1 Å². The number of nitrogens with one attached hydrogen (secondary N) is 1. The van der Waals surface area contributed by atoms with E-state index in [1.807, 2.05) is 55.1 Å². The fourth-order valence-electron chi connectivity index (χ4n) is 3.32. The lowest BCUT2D eigenvalue weighted by atomic mass is 10.1. The number of hydrogen-bond acceptors (Lipinski definition) is 3. The van der Waals surface area contributed by atoms with Gasteiger partial charge in [-0.25, -0.2) is 4.98 Å². The van der Waals surface area contributed by atoms with E-state index in [4.69, 9.17) is 23.2 Å². The highest BCUT2D eigenvalue weighted by Crippen LogP contribution is 2.20. The van der Waals surface area contributed by atoms with Gasteiger partial charge in [0, 0.05) is 39.1 Å². The molecular weight excluding hydrogens is 435 g/mol. The number of aryl methyl sites for hydroxylation is 2. The molecule has 31 heavy (non-hydrogen) atoms. The minimum Gasteiger partial charge on any atom is -0.356 e. The van der Waals surface area contributed by atoms with Gasteiger partial charge < -0.3 is 14.8 Å². The van der Waals surface area contributed by atoms with Gasteiger partial charge in [0.2, 0.25) is 0 Å². The van der Waals surface area contributed by atoms with Crippen molar-refractivity contribution in [1.29, 1.82) is 0 Å². The summed E-state index contributed by atoms with van der Waals surface area (Å²) in [5.41, 5.74) is 2.87. The highest BCUT2D eigenvalue weighted by Gasteiger charge is 2.20. The van der Waals surface area contributed by atoms with Crippen LogP contribution in [0.5, 0.6) is 0 Å². The second kappa shape index (κ2) is 10.5. The minimum atomic E-state index is -0.233.